The lowest BCUT2D eigenvalue weighted by molar-refractivity contribution is 0.341. The average Bonchev–Trinajstić information content (AvgIpc) is 3.20. The number of nitrogens with one attached hydrogen (secondary N) is 1. The lowest BCUT2D eigenvalue weighted by Gasteiger charge is -2.39. The summed E-state index contributed by atoms with van der Waals surface area (Å²) in [5.41, 5.74) is 6.92. The summed E-state index contributed by atoms with van der Waals surface area (Å²) >= 11 is 3.44. The van der Waals surface area contributed by atoms with Gasteiger partial charge in [-0.3, -0.25) is 0 Å². The van der Waals surface area contributed by atoms with Crippen LogP contribution in [0.5, 0.6) is 0 Å². The third-order valence-corrected chi connectivity index (χ3v) is 4.71. The molecule has 21 heavy (non-hydrogen) atoms. The van der Waals surface area contributed by atoms with Gasteiger partial charge in [-0.05, 0) is 43.0 Å². The Morgan fingerprint density at radius 3 is 2.95 bits per heavy atom. The van der Waals surface area contributed by atoms with E-state index in [1.165, 1.54) is 6.07 Å². The summed E-state index contributed by atoms with van der Waals surface area (Å²) in [6, 6.07) is 6.95. The molecule has 1 atom stereocenters. The fourth-order valence-electron chi connectivity index (χ4n) is 3.24. The molecule has 2 aliphatic rings. The Balaban J connectivity index is 2.01. The molecule has 1 aromatic carbocycles. The number of rotatable bonds is 2. The van der Waals surface area contributed by atoms with Crippen molar-refractivity contribution in [2.75, 3.05) is 0 Å². The van der Waals surface area contributed by atoms with Crippen LogP contribution in [0, 0.1) is 11.7 Å². The van der Waals surface area contributed by atoms with Gasteiger partial charge in [0.25, 0.3) is 0 Å². The highest BCUT2D eigenvalue weighted by molar-refractivity contribution is 9.10. The van der Waals surface area contributed by atoms with E-state index in [-0.39, 0.29) is 5.82 Å². The zero-order chi connectivity index (χ0) is 14.6. The monoisotopic (exact) mass is 348 g/mol. The number of halogens is 2. The second-order valence-corrected chi connectivity index (χ2v) is 6.49. The fourth-order valence-corrected chi connectivity index (χ4v) is 3.60. The van der Waals surface area contributed by atoms with Gasteiger partial charge in [0, 0.05) is 16.2 Å². The van der Waals surface area contributed by atoms with Crippen LogP contribution < -0.4 is 11.1 Å². The Labute approximate surface area is 130 Å². The molecule has 6 heteroatoms. The molecule has 108 valence electrons. The van der Waals surface area contributed by atoms with Gasteiger partial charge < -0.3 is 11.1 Å². The fraction of sp³-hybridized carbons (Fsp3) is 0.267. The van der Waals surface area contributed by atoms with Gasteiger partial charge in [-0.25, -0.2) is 9.07 Å². The molecule has 0 saturated heterocycles. The van der Waals surface area contributed by atoms with Crippen molar-refractivity contribution in [3.8, 4) is 0 Å². The number of nitrogens with zero attached hydrogens (tertiary/aromatic N) is 2. The number of nitrogens with two attached hydrogens (primary N) is 1. The van der Waals surface area contributed by atoms with E-state index in [1.807, 2.05) is 12.1 Å². The average molecular weight is 349 g/mol. The number of aromatic nitrogens is 2. The zero-order valence-corrected chi connectivity index (χ0v) is 12.8. The topological polar surface area (TPSA) is 55.9 Å². The van der Waals surface area contributed by atoms with Crippen molar-refractivity contribution < 1.29 is 4.39 Å². The van der Waals surface area contributed by atoms with Crippen LogP contribution >= 0.6 is 15.9 Å². The Kier molecular flexibility index (Phi) is 2.66. The lowest BCUT2D eigenvalue weighted by atomic mass is 9.80. The molecule has 0 unspecified atom stereocenters. The van der Waals surface area contributed by atoms with Crippen LogP contribution in [0.25, 0.3) is 6.20 Å². The van der Waals surface area contributed by atoms with Crippen LogP contribution in [0.2, 0.25) is 0 Å². The van der Waals surface area contributed by atoms with E-state index in [1.54, 1.807) is 23.1 Å². The summed E-state index contributed by atoms with van der Waals surface area (Å²) in [6.45, 7) is 0. The van der Waals surface area contributed by atoms with Crippen molar-refractivity contribution in [2.24, 2.45) is 11.7 Å². The predicted octanol–water partition coefficient (Wildman–Crippen LogP) is 2.76. The highest BCUT2D eigenvalue weighted by atomic mass is 79.9. The SMILES string of the molecule is NC1=Cn2nccc2[C@](c2cc(Br)ccc2F)(C2CC2)N1. The highest BCUT2D eigenvalue weighted by Crippen LogP contribution is 2.51. The molecule has 2 heterocycles. The van der Waals surface area contributed by atoms with Gasteiger partial charge in [-0.15, -0.1) is 0 Å². The first-order chi connectivity index (χ1) is 10.1. The molecule has 0 radical (unpaired) electrons. The first-order valence-electron chi connectivity index (χ1n) is 6.86. The molecule has 1 aromatic heterocycles. The Hall–Kier alpha value is -1.82. The molecular formula is C15H14BrFN4. The van der Waals surface area contributed by atoms with Crippen molar-refractivity contribution in [1.82, 2.24) is 15.1 Å². The van der Waals surface area contributed by atoms with E-state index in [4.69, 9.17) is 5.73 Å². The number of hydrogen-bond donors (Lipinski definition) is 2. The van der Waals surface area contributed by atoms with Gasteiger partial charge >= 0.3 is 0 Å². The van der Waals surface area contributed by atoms with E-state index in [0.717, 1.165) is 23.0 Å². The molecule has 3 N–H and O–H groups in total. The predicted molar refractivity (Wildman–Crippen MR) is 81.4 cm³/mol. The Morgan fingerprint density at radius 1 is 1.38 bits per heavy atom. The molecule has 4 rings (SSSR count). The number of benzene rings is 1. The maximum Gasteiger partial charge on any atom is 0.129 e. The third-order valence-electron chi connectivity index (χ3n) is 4.22. The summed E-state index contributed by atoms with van der Waals surface area (Å²) in [7, 11) is 0. The minimum absolute atomic E-state index is 0.236. The normalized spacial score (nSPS) is 24.2. The Morgan fingerprint density at radius 2 is 2.19 bits per heavy atom. The minimum atomic E-state index is -0.650. The quantitative estimate of drug-likeness (QED) is 0.877. The smallest absolute Gasteiger partial charge is 0.129 e. The van der Waals surface area contributed by atoms with Gasteiger partial charge in [0.15, 0.2) is 0 Å². The van der Waals surface area contributed by atoms with Crippen molar-refractivity contribution in [3.63, 3.8) is 0 Å². The van der Waals surface area contributed by atoms with E-state index in [0.29, 0.717) is 17.3 Å². The number of hydrogen-bond acceptors (Lipinski definition) is 3. The first kappa shape index (κ1) is 12.9. The molecular weight excluding hydrogens is 335 g/mol. The van der Waals surface area contributed by atoms with Gasteiger partial charge in [0.2, 0.25) is 0 Å². The molecule has 1 fully saturated rings. The maximum atomic E-state index is 14.6. The van der Waals surface area contributed by atoms with E-state index in [2.05, 4.69) is 26.3 Å². The number of fused-ring (bicyclic) bond motifs is 1. The molecule has 1 aliphatic carbocycles. The van der Waals surface area contributed by atoms with Crippen molar-refractivity contribution >= 4 is 22.1 Å². The second kappa shape index (κ2) is 4.34. The van der Waals surface area contributed by atoms with E-state index < -0.39 is 5.54 Å². The van der Waals surface area contributed by atoms with Crippen molar-refractivity contribution in [1.29, 1.82) is 0 Å². The highest BCUT2D eigenvalue weighted by Gasteiger charge is 2.52. The van der Waals surface area contributed by atoms with Gasteiger partial charge in [-0.1, -0.05) is 15.9 Å². The van der Waals surface area contributed by atoms with Crippen molar-refractivity contribution in [3.05, 3.63) is 57.8 Å². The molecule has 2 aromatic rings. The summed E-state index contributed by atoms with van der Waals surface area (Å²) < 4.78 is 17.2. The first-order valence-corrected chi connectivity index (χ1v) is 7.65. The summed E-state index contributed by atoms with van der Waals surface area (Å²) in [5, 5.41) is 7.61. The van der Waals surface area contributed by atoms with Crippen LogP contribution in [-0.2, 0) is 5.54 Å². The minimum Gasteiger partial charge on any atom is -0.384 e. The van der Waals surface area contributed by atoms with Crippen molar-refractivity contribution in [2.45, 2.75) is 18.4 Å². The largest absolute Gasteiger partial charge is 0.384 e. The van der Waals surface area contributed by atoms with Gasteiger partial charge in [0.05, 0.1) is 11.9 Å². The third kappa shape index (κ3) is 1.82. The van der Waals surface area contributed by atoms with Crippen LogP contribution in [-0.4, -0.2) is 9.78 Å². The second-order valence-electron chi connectivity index (χ2n) is 5.58. The van der Waals surface area contributed by atoms with E-state index in [9.17, 15) is 4.39 Å². The summed E-state index contributed by atoms with van der Waals surface area (Å²) in [5.74, 6) is 0.571. The molecule has 4 nitrogen and oxygen atoms in total. The van der Waals surface area contributed by atoms with Gasteiger partial charge in [0.1, 0.15) is 17.2 Å². The van der Waals surface area contributed by atoms with Crippen LogP contribution in [0.3, 0.4) is 0 Å². The van der Waals surface area contributed by atoms with Crippen LogP contribution in [0.1, 0.15) is 24.1 Å². The molecule has 1 aliphatic heterocycles. The molecule has 1 saturated carbocycles. The summed E-state index contributed by atoms with van der Waals surface area (Å²) in [4.78, 5) is 0. The zero-order valence-electron chi connectivity index (χ0n) is 11.2. The van der Waals surface area contributed by atoms with Gasteiger partial charge in [-0.2, -0.15) is 5.10 Å². The van der Waals surface area contributed by atoms with Crippen LogP contribution in [0.4, 0.5) is 4.39 Å². The Bertz CT molecular complexity index is 750. The maximum absolute atomic E-state index is 14.6. The molecule has 0 amide bonds. The standard InChI is InChI=1S/C15H14BrFN4/c16-10-3-4-12(17)11(7-10)15(9-1-2-9)13-5-6-19-21(13)8-14(18)20-15/h3-9,20H,1-2,18H2/t15-/m1/s1. The molecule has 0 spiro atoms. The summed E-state index contributed by atoms with van der Waals surface area (Å²) in [6.07, 6.45) is 5.53. The molecule has 0 bridgehead atoms. The lowest BCUT2D eigenvalue weighted by Crippen LogP contribution is -2.50. The van der Waals surface area contributed by atoms with Crippen LogP contribution in [0.15, 0.2) is 40.8 Å². The van der Waals surface area contributed by atoms with E-state index >= 15 is 0 Å².